The topological polar surface area (TPSA) is 146 Å². The van der Waals surface area contributed by atoms with Gasteiger partial charge in [-0.1, -0.05) is 37.1 Å². The summed E-state index contributed by atoms with van der Waals surface area (Å²) in [5.74, 6) is -0.231. The number of carbonyl (C=O) groups is 3. The molecule has 0 spiro atoms. The van der Waals surface area contributed by atoms with Crippen LogP contribution in [0.2, 0.25) is 0 Å². The van der Waals surface area contributed by atoms with Crippen molar-refractivity contribution in [3.8, 4) is 11.5 Å². The fraction of sp³-hybridized carbons (Fsp3) is 0.559. The molecule has 1 aliphatic carbocycles. The van der Waals surface area contributed by atoms with Crippen LogP contribution in [0.1, 0.15) is 49.7 Å². The van der Waals surface area contributed by atoms with E-state index in [9.17, 15) is 22.8 Å². The fourth-order valence-corrected chi connectivity index (χ4v) is 8.62. The molecule has 3 heterocycles. The predicted octanol–water partition coefficient (Wildman–Crippen LogP) is 1.73. The van der Waals surface area contributed by atoms with E-state index < -0.39 is 40.0 Å². The first-order chi connectivity index (χ1) is 22.7. The molecule has 4 aliphatic rings. The van der Waals surface area contributed by atoms with Crippen molar-refractivity contribution < 1.29 is 32.3 Å². The lowest BCUT2D eigenvalue weighted by Crippen LogP contribution is -2.58. The van der Waals surface area contributed by atoms with Crippen LogP contribution < -0.4 is 20.7 Å². The largest absolute Gasteiger partial charge is 0.457 e. The highest BCUT2D eigenvalue weighted by Crippen LogP contribution is 2.27. The number of amides is 3. The Balaban J connectivity index is 1.34. The maximum absolute atomic E-state index is 14.1. The maximum Gasteiger partial charge on any atom is 0.243 e. The molecule has 6 rings (SSSR count). The Labute approximate surface area is 276 Å². The highest BCUT2D eigenvalue weighted by Gasteiger charge is 2.40. The fourth-order valence-electron chi connectivity index (χ4n) is 6.93. The van der Waals surface area contributed by atoms with Crippen molar-refractivity contribution in [1.82, 2.24) is 25.2 Å². The molecule has 1 saturated carbocycles. The molecule has 3 N–H and O–H groups in total. The van der Waals surface area contributed by atoms with Gasteiger partial charge >= 0.3 is 0 Å². The summed E-state index contributed by atoms with van der Waals surface area (Å²) in [7, 11) is -3.66. The molecule has 3 fully saturated rings. The van der Waals surface area contributed by atoms with E-state index in [-0.39, 0.29) is 43.5 Å². The summed E-state index contributed by atoms with van der Waals surface area (Å²) < 4.78 is 39.1. The summed E-state index contributed by atoms with van der Waals surface area (Å²) in [5.41, 5.74) is 1.54. The van der Waals surface area contributed by atoms with Gasteiger partial charge in [-0.2, -0.15) is 4.31 Å². The SMILES string of the molecule is O=C(NC1CCCC1)[C@@H]1Cc2cccc(c2)Oc2cccc(c2)C[C@H](N2CCCS2(=O)=O)C(=O)N[C@@H](CCN2CCOCC2)C(=O)N1. The number of hydrogen-bond acceptors (Lipinski definition) is 8. The minimum atomic E-state index is -3.66. The monoisotopic (exact) mass is 667 g/mol. The lowest BCUT2D eigenvalue weighted by Gasteiger charge is -2.31. The molecule has 4 bridgehead atoms. The quantitative estimate of drug-likeness (QED) is 0.423. The molecule has 2 aromatic rings. The first-order valence-corrected chi connectivity index (χ1v) is 18.4. The molecule has 2 aromatic carbocycles. The molecule has 3 atom stereocenters. The average Bonchev–Trinajstić information content (AvgIpc) is 3.70. The highest BCUT2D eigenvalue weighted by molar-refractivity contribution is 7.89. The Bertz CT molecular complexity index is 1540. The molecule has 3 aliphatic heterocycles. The third kappa shape index (κ3) is 8.69. The normalized spacial score (nSPS) is 26.3. The van der Waals surface area contributed by atoms with E-state index in [2.05, 4.69) is 20.9 Å². The molecular weight excluding hydrogens is 622 g/mol. The van der Waals surface area contributed by atoms with Crippen LogP contribution in [0.3, 0.4) is 0 Å². The van der Waals surface area contributed by atoms with E-state index in [0.717, 1.165) is 36.8 Å². The average molecular weight is 668 g/mol. The van der Waals surface area contributed by atoms with Crippen molar-refractivity contribution in [2.24, 2.45) is 0 Å². The maximum atomic E-state index is 14.1. The number of hydrogen-bond donors (Lipinski definition) is 3. The van der Waals surface area contributed by atoms with E-state index in [1.165, 1.54) is 4.31 Å². The predicted molar refractivity (Wildman–Crippen MR) is 175 cm³/mol. The zero-order valence-corrected chi connectivity index (χ0v) is 27.5. The van der Waals surface area contributed by atoms with Gasteiger partial charge in [0.05, 0.1) is 19.0 Å². The molecule has 13 heteroatoms. The Morgan fingerprint density at radius 2 is 1.55 bits per heavy atom. The van der Waals surface area contributed by atoms with Crippen LogP contribution in [0.25, 0.3) is 0 Å². The molecule has 47 heavy (non-hydrogen) atoms. The second kappa shape index (κ2) is 15.1. The van der Waals surface area contributed by atoms with Gasteiger partial charge in [0.2, 0.25) is 27.7 Å². The lowest BCUT2D eigenvalue weighted by molar-refractivity contribution is -0.133. The summed E-state index contributed by atoms with van der Waals surface area (Å²) in [4.78, 5) is 44.1. The second-order valence-electron chi connectivity index (χ2n) is 13.0. The van der Waals surface area contributed by atoms with Gasteiger partial charge in [0, 0.05) is 38.6 Å². The van der Waals surface area contributed by atoms with Crippen molar-refractivity contribution in [3.05, 3.63) is 59.7 Å². The number of sulfonamides is 1. The van der Waals surface area contributed by atoms with Gasteiger partial charge in [0.1, 0.15) is 29.6 Å². The summed E-state index contributed by atoms with van der Waals surface area (Å²) in [6.07, 6.45) is 4.92. The van der Waals surface area contributed by atoms with Gasteiger partial charge in [-0.15, -0.1) is 0 Å². The van der Waals surface area contributed by atoms with Crippen LogP contribution in [0.15, 0.2) is 48.5 Å². The number of carbonyl (C=O) groups excluding carboxylic acids is 3. The van der Waals surface area contributed by atoms with Crippen LogP contribution in [-0.2, 0) is 42.0 Å². The molecule has 3 amide bonds. The van der Waals surface area contributed by atoms with E-state index in [4.69, 9.17) is 9.47 Å². The summed E-state index contributed by atoms with van der Waals surface area (Å²) in [6.45, 7) is 3.33. The third-order valence-electron chi connectivity index (χ3n) is 9.50. The lowest BCUT2D eigenvalue weighted by atomic mass is 10.0. The number of nitrogens with zero attached hydrogens (tertiary/aromatic N) is 2. The van der Waals surface area contributed by atoms with Crippen molar-refractivity contribution in [2.45, 2.75) is 75.5 Å². The highest BCUT2D eigenvalue weighted by atomic mass is 32.2. The standard InChI is InChI=1S/C34H45N5O7S/c40-32-29(12-14-38-15-17-45-18-16-38)36-34(42)31(39-13-5-19-47(39,43)44)23-25-7-4-11-28(21-25)46-27-10-3-6-24(20-27)22-30(37-32)33(41)35-26-8-1-2-9-26/h3-4,6-7,10-11,20-21,26,29-31H,1-2,5,8-9,12-19,22-23H2,(H,35,41)(H,36,42)(H,37,40)/t29-,30-,31-/m0/s1. The van der Waals surface area contributed by atoms with Gasteiger partial charge in [0.25, 0.3) is 0 Å². The van der Waals surface area contributed by atoms with Crippen LogP contribution in [-0.4, -0.2) is 105 Å². The summed E-state index contributed by atoms with van der Waals surface area (Å²) in [6, 6.07) is 11.8. The smallest absolute Gasteiger partial charge is 0.243 e. The molecule has 0 aromatic heterocycles. The minimum absolute atomic E-state index is 0.0327. The Hall–Kier alpha value is -3.52. The van der Waals surface area contributed by atoms with Crippen molar-refractivity contribution in [1.29, 1.82) is 0 Å². The van der Waals surface area contributed by atoms with Gasteiger partial charge in [-0.3, -0.25) is 19.3 Å². The number of benzene rings is 2. The Morgan fingerprint density at radius 1 is 0.872 bits per heavy atom. The van der Waals surface area contributed by atoms with Crippen LogP contribution in [0.4, 0.5) is 0 Å². The first kappa shape index (κ1) is 33.4. The molecule has 0 unspecified atom stereocenters. The number of rotatable bonds is 6. The number of ether oxygens (including phenoxy) is 2. The van der Waals surface area contributed by atoms with E-state index >= 15 is 0 Å². The van der Waals surface area contributed by atoms with Gasteiger partial charge < -0.3 is 25.4 Å². The van der Waals surface area contributed by atoms with Gasteiger partial charge in [-0.05, 0) is 67.5 Å². The molecular formula is C34H45N5O7S. The van der Waals surface area contributed by atoms with Crippen molar-refractivity contribution in [3.63, 3.8) is 0 Å². The summed E-state index contributed by atoms with van der Waals surface area (Å²) in [5, 5.41) is 9.01. The van der Waals surface area contributed by atoms with Crippen LogP contribution in [0.5, 0.6) is 11.5 Å². The molecule has 2 saturated heterocycles. The first-order valence-electron chi connectivity index (χ1n) is 16.8. The second-order valence-corrected chi connectivity index (χ2v) is 15.0. The van der Waals surface area contributed by atoms with Crippen LogP contribution >= 0.6 is 0 Å². The third-order valence-corrected chi connectivity index (χ3v) is 11.5. The number of morpholine rings is 1. The molecule has 254 valence electrons. The van der Waals surface area contributed by atoms with E-state index in [0.29, 0.717) is 50.8 Å². The van der Waals surface area contributed by atoms with E-state index in [1.807, 2.05) is 42.5 Å². The minimum Gasteiger partial charge on any atom is -0.457 e. The zero-order valence-electron chi connectivity index (χ0n) is 26.7. The van der Waals surface area contributed by atoms with Crippen molar-refractivity contribution >= 4 is 27.7 Å². The van der Waals surface area contributed by atoms with Crippen LogP contribution in [0, 0.1) is 0 Å². The molecule has 12 nitrogen and oxygen atoms in total. The summed E-state index contributed by atoms with van der Waals surface area (Å²) >= 11 is 0. The number of nitrogens with one attached hydrogen (secondary N) is 3. The van der Waals surface area contributed by atoms with E-state index in [1.54, 1.807) is 6.07 Å². The van der Waals surface area contributed by atoms with Gasteiger partial charge in [-0.25, -0.2) is 8.42 Å². The molecule has 0 radical (unpaired) electrons. The number of fused-ring (bicyclic) bond motifs is 4. The zero-order chi connectivity index (χ0) is 32.8. The van der Waals surface area contributed by atoms with Gasteiger partial charge in [0.15, 0.2) is 0 Å². The Kier molecular flexibility index (Phi) is 10.8. The Morgan fingerprint density at radius 3 is 2.21 bits per heavy atom. The van der Waals surface area contributed by atoms with Crippen molar-refractivity contribution in [2.75, 3.05) is 45.1 Å².